The first-order chi connectivity index (χ1) is 10.2. The van der Waals surface area contributed by atoms with E-state index in [1.54, 1.807) is 23.1 Å². The molecule has 21 heavy (non-hydrogen) atoms. The Morgan fingerprint density at radius 2 is 1.76 bits per heavy atom. The monoisotopic (exact) mass is 292 g/mol. The molecule has 1 fully saturated rings. The average Bonchev–Trinajstić information content (AvgIpc) is 2.77. The third-order valence-corrected chi connectivity index (χ3v) is 3.73. The number of carbonyl (C=O) groups excluding carboxylic acids is 2. The molecule has 1 heterocycles. The minimum Gasteiger partial charge on any atom is -0.347 e. The molecule has 4 nitrogen and oxygen atoms in total. The van der Waals surface area contributed by atoms with Gasteiger partial charge in [0, 0.05) is 19.6 Å². The SMILES string of the molecule is O=C(NCCc1ccccc1F)C(=O)N1CCCCCC1. The maximum atomic E-state index is 13.4. The largest absolute Gasteiger partial charge is 0.347 e. The Morgan fingerprint density at radius 1 is 1.10 bits per heavy atom. The molecule has 0 atom stereocenters. The van der Waals surface area contributed by atoms with Crippen molar-refractivity contribution < 1.29 is 14.0 Å². The van der Waals surface area contributed by atoms with Crippen molar-refractivity contribution in [1.82, 2.24) is 10.2 Å². The highest BCUT2D eigenvalue weighted by atomic mass is 19.1. The Kier molecular flexibility index (Phi) is 5.72. The summed E-state index contributed by atoms with van der Waals surface area (Å²) in [7, 11) is 0. The summed E-state index contributed by atoms with van der Waals surface area (Å²) in [6.07, 6.45) is 4.51. The van der Waals surface area contributed by atoms with Gasteiger partial charge in [0.25, 0.3) is 0 Å². The second kappa shape index (κ2) is 7.76. The van der Waals surface area contributed by atoms with Gasteiger partial charge in [0.15, 0.2) is 0 Å². The van der Waals surface area contributed by atoms with Crippen molar-refractivity contribution in [2.75, 3.05) is 19.6 Å². The van der Waals surface area contributed by atoms with Crippen LogP contribution in [0.2, 0.25) is 0 Å². The standard InChI is InChI=1S/C16H21FN2O2/c17-14-8-4-3-7-13(14)9-10-18-15(20)16(21)19-11-5-1-2-6-12-19/h3-4,7-8H,1-2,5-6,9-12H2,(H,18,20). The van der Waals surface area contributed by atoms with Crippen molar-refractivity contribution >= 4 is 11.8 Å². The van der Waals surface area contributed by atoms with Crippen LogP contribution in [-0.2, 0) is 16.0 Å². The smallest absolute Gasteiger partial charge is 0.311 e. The highest BCUT2D eigenvalue weighted by Gasteiger charge is 2.22. The Hall–Kier alpha value is -1.91. The maximum absolute atomic E-state index is 13.4. The van der Waals surface area contributed by atoms with E-state index < -0.39 is 11.8 Å². The molecule has 0 unspecified atom stereocenters. The van der Waals surface area contributed by atoms with Crippen LogP contribution in [0.1, 0.15) is 31.2 Å². The second-order valence-electron chi connectivity index (χ2n) is 5.30. The van der Waals surface area contributed by atoms with Gasteiger partial charge in [0.1, 0.15) is 5.82 Å². The van der Waals surface area contributed by atoms with Gasteiger partial charge < -0.3 is 10.2 Å². The first-order valence-electron chi connectivity index (χ1n) is 7.49. The van der Waals surface area contributed by atoms with Crippen molar-refractivity contribution in [3.63, 3.8) is 0 Å². The quantitative estimate of drug-likeness (QED) is 0.865. The molecule has 1 saturated heterocycles. The van der Waals surface area contributed by atoms with Gasteiger partial charge in [-0.25, -0.2) is 4.39 Å². The third-order valence-electron chi connectivity index (χ3n) is 3.73. The number of rotatable bonds is 3. The molecular weight excluding hydrogens is 271 g/mol. The first-order valence-corrected chi connectivity index (χ1v) is 7.49. The van der Waals surface area contributed by atoms with Gasteiger partial charge in [-0.15, -0.1) is 0 Å². The number of carbonyl (C=O) groups is 2. The summed E-state index contributed by atoms with van der Waals surface area (Å²) < 4.78 is 13.4. The second-order valence-corrected chi connectivity index (χ2v) is 5.30. The van der Waals surface area contributed by atoms with Crippen molar-refractivity contribution in [3.05, 3.63) is 35.6 Å². The lowest BCUT2D eigenvalue weighted by atomic mass is 10.1. The van der Waals surface area contributed by atoms with E-state index in [4.69, 9.17) is 0 Å². The average molecular weight is 292 g/mol. The molecule has 0 spiro atoms. The van der Waals surface area contributed by atoms with E-state index in [2.05, 4.69) is 5.32 Å². The summed E-state index contributed by atoms with van der Waals surface area (Å²) in [5.41, 5.74) is 0.542. The van der Waals surface area contributed by atoms with E-state index in [1.807, 2.05) is 0 Å². The van der Waals surface area contributed by atoms with Crippen LogP contribution in [-0.4, -0.2) is 36.3 Å². The number of amides is 2. The maximum Gasteiger partial charge on any atom is 0.311 e. The van der Waals surface area contributed by atoms with Crippen molar-refractivity contribution in [1.29, 1.82) is 0 Å². The Morgan fingerprint density at radius 3 is 2.43 bits per heavy atom. The molecule has 1 aliphatic heterocycles. The molecule has 0 saturated carbocycles. The van der Waals surface area contributed by atoms with E-state index in [0.29, 0.717) is 25.1 Å². The van der Waals surface area contributed by atoms with Crippen molar-refractivity contribution in [3.8, 4) is 0 Å². The van der Waals surface area contributed by atoms with Crippen LogP contribution in [0.3, 0.4) is 0 Å². The molecule has 1 aliphatic rings. The molecule has 5 heteroatoms. The summed E-state index contributed by atoms with van der Waals surface area (Å²) in [5.74, 6) is -1.34. The van der Waals surface area contributed by atoms with Crippen LogP contribution in [0.5, 0.6) is 0 Å². The molecule has 1 aromatic carbocycles. The van der Waals surface area contributed by atoms with Crippen LogP contribution in [0.4, 0.5) is 4.39 Å². The lowest BCUT2D eigenvalue weighted by Gasteiger charge is -2.19. The minimum atomic E-state index is -0.590. The molecule has 114 valence electrons. The summed E-state index contributed by atoms with van der Waals surface area (Å²) in [6.45, 7) is 1.57. The number of likely N-dealkylation sites (tertiary alicyclic amines) is 1. The summed E-state index contributed by atoms with van der Waals surface area (Å²) in [6, 6.07) is 6.44. The number of hydrogen-bond acceptors (Lipinski definition) is 2. The van der Waals surface area contributed by atoms with Gasteiger partial charge in [0.2, 0.25) is 0 Å². The summed E-state index contributed by atoms with van der Waals surface area (Å²) in [4.78, 5) is 25.5. The molecule has 1 aromatic rings. The van der Waals surface area contributed by atoms with Gasteiger partial charge in [0.05, 0.1) is 0 Å². The highest BCUT2D eigenvalue weighted by Crippen LogP contribution is 2.10. The fourth-order valence-electron chi connectivity index (χ4n) is 2.50. The van der Waals surface area contributed by atoms with E-state index in [-0.39, 0.29) is 12.4 Å². The van der Waals surface area contributed by atoms with Gasteiger partial charge in [-0.1, -0.05) is 31.0 Å². The fraction of sp³-hybridized carbons (Fsp3) is 0.500. The molecule has 0 aliphatic carbocycles. The van der Waals surface area contributed by atoms with Crippen LogP contribution in [0.15, 0.2) is 24.3 Å². The van der Waals surface area contributed by atoms with Crippen LogP contribution < -0.4 is 5.32 Å². The number of nitrogens with zero attached hydrogens (tertiary/aromatic N) is 1. The normalized spacial score (nSPS) is 15.4. The molecule has 2 rings (SSSR count). The predicted octanol–water partition coefficient (Wildman–Crippen LogP) is 1.89. The zero-order valence-electron chi connectivity index (χ0n) is 12.1. The molecule has 2 amide bonds. The van der Waals surface area contributed by atoms with Crippen molar-refractivity contribution in [2.45, 2.75) is 32.1 Å². The number of nitrogens with one attached hydrogen (secondary N) is 1. The lowest BCUT2D eigenvalue weighted by molar-refractivity contribution is -0.145. The van der Waals surface area contributed by atoms with E-state index in [1.165, 1.54) is 6.07 Å². The highest BCUT2D eigenvalue weighted by molar-refractivity contribution is 6.35. The Bertz CT molecular complexity index is 497. The minimum absolute atomic E-state index is 0.263. The fourth-order valence-corrected chi connectivity index (χ4v) is 2.50. The predicted molar refractivity (Wildman–Crippen MR) is 78.2 cm³/mol. The third kappa shape index (κ3) is 4.55. The zero-order valence-corrected chi connectivity index (χ0v) is 12.1. The van der Waals surface area contributed by atoms with Gasteiger partial charge >= 0.3 is 11.8 Å². The molecule has 1 N–H and O–H groups in total. The van der Waals surface area contributed by atoms with Gasteiger partial charge in [-0.05, 0) is 30.9 Å². The van der Waals surface area contributed by atoms with E-state index in [9.17, 15) is 14.0 Å². The van der Waals surface area contributed by atoms with E-state index >= 15 is 0 Å². The molecule has 0 bridgehead atoms. The molecular formula is C16H21FN2O2. The number of hydrogen-bond donors (Lipinski definition) is 1. The van der Waals surface area contributed by atoms with Crippen LogP contribution >= 0.6 is 0 Å². The summed E-state index contributed by atoms with van der Waals surface area (Å²) >= 11 is 0. The van der Waals surface area contributed by atoms with Gasteiger partial charge in [-0.3, -0.25) is 9.59 Å². The number of benzene rings is 1. The van der Waals surface area contributed by atoms with Gasteiger partial charge in [-0.2, -0.15) is 0 Å². The molecule has 0 aromatic heterocycles. The Balaban J connectivity index is 1.78. The van der Waals surface area contributed by atoms with Crippen LogP contribution in [0.25, 0.3) is 0 Å². The van der Waals surface area contributed by atoms with Crippen molar-refractivity contribution in [2.24, 2.45) is 0 Å². The van der Waals surface area contributed by atoms with E-state index in [0.717, 1.165) is 25.7 Å². The first kappa shape index (κ1) is 15.5. The Labute approximate surface area is 124 Å². The zero-order chi connectivity index (χ0) is 15.1. The molecule has 0 radical (unpaired) electrons. The summed E-state index contributed by atoms with van der Waals surface area (Å²) in [5, 5.41) is 2.58. The number of halogens is 1. The van der Waals surface area contributed by atoms with Crippen LogP contribution in [0, 0.1) is 5.82 Å². The topological polar surface area (TPSA) is 49.4 Å². The lowest BCUT2D eigenvalue weighted by Crippen LogP contribution is -2.43.